The first-order chi connectivity index (χ1) is 16.9. The quantitative estimate of drug-likeness (QED) is 0.239. The number of benzene rings is 5. The first-order valence-electron chi connectivity index (χ1n) is 10.7. The zero-order valence-electron chi connectivity index (χ0n) is 18.2. The van der Waals surface area contributed by atoms with Gasteiger partial charge in [-0.25, -0.2) is 0 Å². The molecule has 0 amide bonds. The van der Waals surface area contributed by atoms with Crippen LogP contribution in [0, 0.1) is 0 Å². The van der Waals surface area contributed by atoms with Crippen LogP contribution in [0.2, 0.25) is 0 Å². The molecule has 0 aliphatic carbocycles. The molecule has 0 heterocycles. The van der Waals surface area contributed by atoms with Crippen molar-refractivity contribution in [1.29, 1.82) is 0 Å². The summed E-state index contributed by atoms with van der Waals surface area (Å²) >= 11 is 0. The number of phenolic OH excluding ortho intramolecular Hbond substituents is 2. The van der Waals surface area contributed by atoms with Crippen molar-refractivity contribution in [3.05, 3.63) is 96.1 Å². The molecule has 0 saturated heterocycles. The Hall–Kier alpha value is -4.20. The number of phenols is 2. The Kier molecular flexibility index (Phi) is 5.35. The summed E-state index contributed by atoms with van der Waals surface area (Å²) in [6.07, 6.45) is -10.1. The number of hydrogen-bond donors (Lipinski definition) is 2. The summed E-state index contributed by atoms with van der Waals surface area (Å²) in [4.78, 5) is 0. The predicted octanol–water partition coefficient (Wildman–Crippen LogP) is 8.78. The van der Waals surface area contributed by atoms with Crippen LogP contribution in [-0.4, -0.2) is 10.2 Å². The van der Waals surface area contributed by atoms with Gasteiger partial charge in [0.1, 0.15) is 11.5 Å². The first-order valence-corrected chi connectivity index (χ1v) is 10.7. The average molecular weight is 498 g/mol. The van der Waals surface area contributed by atoms with Gasteiger partial charge in [-0.1, -0.05) is 54.6 Å². The molecule has 0 unspecified atom stereocenters. The molecule has 36 heavy (non-hydrogen) atoms. The van der Waals surface area contributed by atoms with E-state index in [1.54, 1.807) is 54.6 Å². The molecule has 5 aromatic carbocycles. The second-order valence-corrected chi connectivity index (χ2v) is 8.34. The summed E-state index contributed by atoms with van der Waals surface area (Å²) in [7, 11) is 0. The molecule has 2 nitrogen and oxygen atoms in total. The van der Waals surface area contributed by atoms with E-state index < -0.39 is 34.8 Å². The molecule has 0 radical (unpaired) electrons. The van der Waals surface area contributed by atoms with Gasteiger partial charge in [-0.15, -0.1) is 0 Å². The summed E-state index contributed by atoms with van der Waals surface area (Å²) in [5, 5.41) is 24.4. The molecule has 0 spiro atoms. The molecule has 0 atom stereocenters. The van der Waals surface area contributed by atoms with E-state index in [-0.39, 0.29) is 28.5 Å². The normalized spacial score (nSPS) is 12.4. The maximum Gasteiger partial charge on any atom is 0.416 e. The minimum atomic E-state index is -5.04. The van der Waals surface area contributed by atoms with Crippen LogP contribution in [0.1, 0.15) is 11.1 Å². The third-order valence-electron chi connectivity index (χ3n) is 6.08. The van der Waals surface area contributed by atoms with E-state index in [0.29, 0.717) is 28.3 Å². The molecule has 182 valence electrons. The molecule has 0 aromatic heterocycles. The molecule has 0 aliphatic rings. The van der Waals surface area contributed by atoms with Crippen molar-refractivity contribution in [2.75, 3.05) is 0 Å². The zero-order valence-corrected chi connectivity index (χ0v) is 18.2. The van der Waals surface area contributed by atoms with Crippen LogP contribution in [0.5, 0.6) is 11.5 Å². The maximum atomic E-state index is 13.5. The van der Waals surface area contributed by atoms with Crippen molar-refractivity contribution < 1.29 is 36.6 Å². The number of aromatic hydroxyl groups is 2. The minimum Gasteiger partial charge on any atom is -0.507 e. The highest BCUT2D eigenvalue weighted by Gasteiger charge is 2.37. The molecule has 5 aromatic rings. The van der Waals surface area contributed by atoms with Gasteiger partial charge in [0.2, 0.25) is 0 Å². The number of rotatable bonds is 2. The fourth-order valence-corrected chi connectivity index (χ4v) is 4.44. The maximum absolute atomic E-state index is 13.5. The van der Waals surface area contributed by atoms with Gasteiger partial charge < -0.3 is 10.2 Å². The number of alkyl halides is 6. The van der Waals surface area contributed by atoms with Gasteiger partial charge in [-0.05, 0) is 57.4 Å². The lowest BCUT2D eigenvalue weighted by Crippen LogP contribution is -2.11. The Morgan fingerprint density at radius 2 is 1.06 bits per heavy atom. The van der Waals surface area contributed by atoms with Crippen molar-refractivity contribution in [3.8, 4) is 33.8 Å². The first kappa shape index (κ1) is 23.5. The predicted molar refractivity (Wildman–Crippen MR) is 126 cm³/mol. The summed E-state index contributed by atoms with van der Waals surface area (Å²) in [6, 6.07) is 19.2. The standard InChI is InChI=1S/C28H16F6O2/c29-27(30,31)18-11-17(12-19(14-18)28(32,33)34)22-13-16-6-2-4-8-21(16)25(26(22)36)24-20-7-3-1-5-15(20)9-10-23(24)35/h1-14,35-36H. The van der Waals surface area contributed by atoms with Crippen molar-refractivity contribution in [2.24, 2.45) is 0 Å². The molecular formula is C28H16F6O2. The van der Waals surface area contributed by atoms with Gasteiger partial charge in [0.15, 0.2) is 0 Å². The zero-order chi connectivity index (χ0) is 25.8. The summed E-state index contributed by atoms with van der Waals surface area (Å²) in [5.74, 6) is -0.751. The number of hydrogen-bond acceptors (Lipinski definition) is 2. The van der Waals surface area contributed by atoms with E-state index in [4.69, 9.17) is 0 Å². The number of fused-ring (bicyclic) bond motifs is 2. The lowest BCUT2D eigenvalue weighted by molar-refractivity contribution is -0.143. The average Bonchev–Trinajstić information content (AvgIpc) is 2.83. The van der Waals surface area contributed by atoms with Crippen LogP contribution >= 0.6 is 0 Å². The molecule has 2 N–H and O–H groups in total. The highest BCUT2D eigenvalue weighted by atomic mass is 19.4. The largest absolute Gasteiger partial charge is 0.507 e. The lowest BCUT2D eigenvalue weighted by Gasteiger charge is -2.19. The molecule has 0 bridgehead atoms. The Labute approximate surface area is 200 Å². The van der Waals surface area contributed by atoms with E-state index in [1.807, 2.05) is 0 Å². The third kappa shape index (κ3) is 3.98. The third-order valence-corrected chi connectivity index (χ3v) is 6.08. The van der Waals surface area contributed by atoms with Gasteiger partial charge in [0.05, 0.1) is 11.1 Å². The van der Waals surface area contributed by atoms with Crippen molar-refractivity contribution in [1.82, 2.24) is 0 Å². The van der Waals surface area contributed by atoms with E-state index in [1.165, 1.54) is 12.1 Å². The molecule has 0 aliphatic heterocycles. The highest BCUT2D eigenvalue weighted by molar-refractivity contribution is 6.12. The van der Waals surface area contributed by atoms with E-state index in [2.05, 4.69) is 0 Å². The van der Waals surface area contributed by atoms with Crippen LogP contribution in [0.25, 0.3) is 43.8 Å². The van der Waals surface area contributed by atoms with Crippen LogP contribution in [-0.2, 0) is 12.4 Å². The van der Waals surface area contributed by atoms with Crippen LogP contribution in [0.4, 0.5) is 26.3 Å². The van der Waals surface area contributed by atoms with Crippen LogP contribution in [0.15, 0.2) is 84.9 Å². The summed E-state index contributed by atoms with van der Waals surface area (Å²) in [6.45, 7) is 0. The minimum absolute atomic E-state index is 0.0407. The molecule has 0 fully saturated rings. The van der Waals surface area contributed by atoms with Gasteiger partial charge >= 0.3 is 12.4 Å². The summed E-state index contributed by atoms with van der Waals surface area (Å²) < 4.78 is 81.1. The Morgan fingerprint density at radius 1 is 0.528 bits per heavy atom. The Morgan fingerprint density at radius 3 is 1.64 bits per heavy atom. The second kappa shape index (κ2) is 8.19. The van der Waals surface area contributed by atoms with Gasteiger partial charge in [-0.3, -0.25) is 0 Å². The number of halogens is 6. The van der Waals surface area contributed by atoms with Crippen molar-refractivity contribution in [3.63, 3.8) is 0 Å². The fraction of sp³-hybridized carbons (Fsp3) is 0.0714. The SMILES string of the molecule is Oc1ccc2ccccc2c1-c1c(O)c(-c2cc(C(F)(F)F)cc(C(F)(F)F)c2)cc2ccccc12. The fourth-order valence-electron chi connectivity index (χ4n) is 4.44. The second-order valence-electron chi connectivity index (χ2n) is 8.34. The molecule has 5 rings (SSSR count). The van der Waals surface area contributed by atoms with Gasteiger partial charge in [0.25, 0.3) is 0 Å². The smallest absolute Gasteiger partial charge is 0.416 e. The Balaban J connectivity index is 1.91. The monoisotopic (exact) mass is 498 g/mol. The molecule has 8 heteroatoms. The molecular weight excluding hydrogens is 482 g/mol. The van der Waals surface area contributed by atoms with Crippen molar-refractivity contribution in [2.45, 2.75) is 12.4 Å². The summed E-state index contributed by atoms with van der Waals surface area (Å²) in [5.41, 5.74) is -3.35. The highest BCUT2D eigenvalue weighted by Crippen LogP contribution is 2.49. The Bertz CT molecular complexity index is 1600. The topological polar surface area (TPSA) is 40.5 Å². The van der Waals surface area contributed by atoms with Crippen LogP contribution in [0.3, 0.4) is 0 Å². The van der Waals surface area contributed by atoms with Crippen molar-refractivity contribution >= 4 is 21.5 Å². The van der Waals surface area contributed by atoms with Crippen LogP contribution < -0.4 is 0 Å². The molecule has 0 saturated carbocycles. The lowest BCUT2D eigenvalue weighted by atomic mass is 9.88. The van der Waals surface area contributed by atoms with Gasteiger partial charge in [-0.2, -0.15) is 26.3 Å². The van der Waals surface area contributed by atoms with E-state index in [9.17, 15) is 36.6 Å². The van der Waals surface area contributed by atoms with Gasteiger partial charge in [0, 0.05) is 16.7 Å². The van der Waals surface area contributed by atoms with E-state index in [0.717, 1.165) is 5.39 Å². The van der Waals surface area contributed by atoms with E-state index >= 15 is 0 Å².